The Morgan fingerprint density at radius 2 is 1.97 bits per heavy atom. The molecule has 1 saturated heterocycles. The van der Waals surface area contributed by atoms with Crippen LogP contribution in [0.4, 0.5) is 4.79 Å². The van der Waals surface area contributed by atoms with Crippen LogP contribution in [0.15, 0.2) is 41.8 Å². The smallest absolute Gasteiger partial charge is 0.325 e. The van der Waals surface area contributed by atoms with Gasteiger partial charge in [-0.3, -0.25) is 9.69 Å². The number of para-hydroxylation sites is 1. The van der Waals surface area contributed by atoms with Gasteiger partial charge in [0.15, 0.2) is 23.0 Å². The number of aromatic nitrogens is 1. The Hall–Kier alpha value is -3.79. The van der Waals surface area contributed by atoms with Gasteiger partial charge < -0.3 is 24.3 Å². The second-order valence-electron chi connectivity index (χ2n) is 7.70. The monoisotopic (exact) mass is 467 g/mol. The van der Waals surface area contributed by atoms with Crippen molar-refractivity contribution < 1.29 is 28.5 Å². The molecule has 0 saturated carbocycles. The molecule has 0 spiro atoms. The second kappa shape index (κ2) is 7.96. The van der Waals surface area contributed by atoms with Crippen LogP contribution in [-0.4, -0.2) is 42.8 Å². The Morgan fingerprint density at radius 1 is 1.15 bits per heavy atom. The summed E-state index contributed by atoms with van der Waals surface area (Å²) in [4.78, 5) is 31.9. The number of nitrogens with one attached hydrogen (secondary N) is 1. The highest BCUT2D eigenvalue weighted by Gasteiger charge is 2.49. The quantitative estimate of drug-likeness (QED) is 0.554. The molecule has 3 aromatic rings. The molecule has 1 N–H and O–H groups in total. The van der Waals surface area contributed by atoms with Crippen LogP contribution in [0, 0.1) is 0 Å². The Labute approximate surface area is 193 Å². The molecule has 33 heavy (non-hydrogen) atoms. The number of imide groups is 1. The average molecular weight is 468 g/mol. The van der Waals surface area contributed by atoms with Crippen LogP contribution < -0.4 is 24.3 Å². The lowest BCUT2D eigenvalue weighted by atomic mass is 9.91. The first-order valence-corrected chi connectivity index (χ1v) is 11.0. The molecule has 1 aromatic heterocycles. The highest BCUT2D eigenvalue weighted by molar-refractivity contribution is 7.13. The zero-order valence-corrected chi connectivity index (χ0v) is 19.0. The average Bonchev–Trinajstić information content (AvgIpc) is 3.54. The van der Waals surface area contributed by atoms with Crippen LogP contribution in [0.1, 0.15) is 18.2 Å². The number of carbonyl (C=O) groups is 2. The van der Waals surface area contributed by atoms with E-state index in [1.165, 1.54) is 16.2 Å². The van der Waals surface area contributed by atoms with E-state index in [9.17, 15) is 9.59 Å². The number of amides is 3. The number of urea groups is 1. The zero-order chi connectivity index (χ0) is 23.2. The standard InChI is InChI=1S/C23H21N3O6S/c1-23(13-7-8-16-18(9-13)32-12-31-16)21(27)26(22(28)25-23)10-14-11-33-20(24-14)15-5-4-6-17(29-2)19(15)30-3/h4-9,11H,10,12H2,1-3H3,(H,25,28). The molecule has 9 nitrogen and oxygen atoms in total. The topological polar surface area (TPSA) is 99.2 Å². The first kappa shape index (κ1) is 21.1. The predicted octanol–water partition coefficient (Wildman–Crippen LogP) is 3.52. The van der Waals surface area contributed by atoms with Gasteiger partial charge in [0.05, 0.1) is 32.0 Å². The van der Waals surface area contributed by atoms with Crippen molar-refractivity contribution in [2.24, 2.45) is 0 Å². The lowest BCUT2D eigenvalue weighted by molar-refractivity contribution is -0.131. The molecule has 0 radical (unpaired) electrons. The summed E-state index contributed by atoms with van der Waals surface area (Å²) in [6.07, 6.45) is 0. The lowest BCUT2D eigenvalue weighted by Gasteiger charge is -2.22. The Kier molecular flexibility index (Phi) is 5.09. The van der Waals surface area contributed by atoms with E-state index in [0.29, 0.717) is 39.3 Å². The fourth-order valence-electron chi connectivity index (χ4n) is 3.96. The molecule has 1 unspecified atom stereocenters. The van der Waals surface area contributed by atoms with Gasteiger partial charge in [0.25, 0.3) is 5.91 Å². The fraction of sp³-hybridized carbons (Fsp3) is 0.261. The summed E-state index contributed by atoms with van der Waals surface area (Å²) in [6.45, 7) is 1.86. The van der Waals surface area contributed by atoms with Crippen molar-refractivity contribution in [2.75, 3.05) is 21.0 Å². The van der Waals surface area contributed by atoms with Crippen molar-refractivity contribution >= 4 is 23.3 Å². The third-order valence-corrected chi connectivity index (χ3v) is 6.65. The van der Waals surface area contributed by atoms with Gasteiger partial charge in [-0.1, -0.05) is 12.1 Å². The van der Waals surface area contributed by atoms with E-state index >= 15 is 0 Å². The highest BCUT2D eigenvalue weighted by Crippen LogP contribution is 2.40. The van der Waals surface area contributed by atoms with Gasteiger partial charge in [0.2, 0.25) is 6.79 Å². The molecule has 10 heteroatoms. The maximum absolute atomic E-state index is 13.3. The number of benzene rings is 2. The fourth-order valence-corrected chi connectivity index (χ4v) is 4.80. The summed E-state index contributed by atoms with van der Waals surface area (Å²) in [5, 5.41) is 5.33. The summed E-state index contributed by atoms with van der Waals surface area (Å²) < 4.78 is 21.6. The summed E-state index contributed by atoms with van der Waals surface area (Å²) >= 11 is 1.40. The Bertz CT molecular complexity index is 1260. The number of thiazole rings is 1. The number of nitrogens with zero attached hydrogens (tertiary/aromatic N) is 2. The maximum Gasteiger partial charge on any atom is 0.325 e. The molecule has 0 aliphatic carbocycles. The van der Waals surface area contributed by atoms with Crippen LogP contribution in [-0.2, 0) is 16.9 Å². The van der Waals surface area contributed by atoms with Crippen LogP contribution in [0.5, 0.6) is 23.0 Å². The first-order valence-electron chi connectivity index (χ1n) is 10.1. The number of rotatable bonds is 6. The van der Waals surface area contributed by atoms with Gasteiger partial charge in [0, 0.05) is 5.38 Å². The lowest BCUT2D eigenvalue weighted by Crippen LogP contribution is -2.40. The van der Waals surface area contributed by atoms with Crippen molar-refractivity contribution in [1.29, 1.82) is 0 Å². The molecule has 2 aliphatic rings. The minimum atomic E-state index is -1.22. The predicted molar refractivity (Wildman–Crippen MR) is 120 cm³/mol. The normalized spacial score (nSPS) is 19.1. The molecule has 1 atom stereocenters. The molecule has 2 aliphatic heterocycles. The molecular weight excluding hydrogens is 446 g/mol. The van der Waals surface area contributed by atoms with Crippen LogP contribution in [0.2, 0.25) is 0 Å². The van der Waals surface area contributed by atoms with E-state index in [-0.39, 0.29) is 19.2 Å². The van der Waals surface area contributed by atoms with Crippen molar-refractivity contribution in [3.05, 3.63) is 53.0 Å². The van der Waals surface area contributed by atoms with Crippen LogP contribution >= 0.6 is 11.3 Å². The molecular formula is C23H21N3O6S. The minimum Gasteiger partial charge on any atom is -0.493 e. The van der Waals surface area contributed by atoms with Gasteiger partial charge in [-0.2, -0.15) is 0 Å². The molecule has 170 valence electrons. The summed E-state index contributed by atoms with van der Waals surface area (Å²) in [5.41, 5.74) is 0.772. The Morgan fingerprint density at radius 3 is 2.76 bits per heavy atom. The van der Waals surface area contributed by atoms with Crippen LogP contribution in [0.3, 0.4) is 0 Å². The summed E-state index contributed by atoms with van der Waals surface area (Å²) in [5.74, 6) is 1.97. The summed E-state index contributed by atoms with van der Waals surface area (Å²) in [7, 11) is 3.14. The zero-order valence-electron chi connectivity index (χ0n) is 18.2. The SMILES string of the molecule is COc1cccc(-c2nc(CN3C(=O)NC(C)(c4ccc5c(c4)OCO5)C3=O)cs2)c1OC. The van der Waals surface area contributed by atoms with E-state index < -0.39 is 11.6 Å². The second-order valence-corrected chi connectivity index (χ2v) is 8.56. The van der Waals surface area contributed by atoms with Gasteiger partial charge in [-0.05, 0) is 36.8 Å². The van der Waals surface area contributed by atoms with Crippen molar-refractivity contribution in [2.45, 2.75) is 19.0 Å². The van der Waals surface area contributed by atoms with Gasteiger partial charge in [-0.15, -0.1) is 11.3 Å². The van der Waals surface area contributed by atoms with E-state index in [2.05, 4.69) is 10.3 Å². The van der Waals surface area contributed by atoms with E-state index in [4.69, 9.17) is 18.9 Å². The van der Waals surface area contributed by atoms with E-state index in [0.717, 1.165) is 5.56 Å². The highest BCUT2D eigenvalue weighted by atomic mass is 32.1. The molecule has 3 heterocycles. The molecule has 2 aromatic carbocycles. The molecule has 1 fully saturated rings. The largest absolute Gasteiger partial charge is 0.493 e. The van der Waals surface area contributed by atoms with Gasteiger partial charge in [0.1, 0.15) is 10.5 Å². The number of hydrogen-bond donors (Lipinski definition) is 1. The number of hydrogen-bond acceptors (Lipinski definition) is 8. The van der Waals surface area contributed by atoms with E-state index in [1.807, 2.05) is 17.5 Å². The van der Waals surface area contributed by atoms with Gasteiger partial charge >= 0.3 is 6.03 Å². The maximum atomic E-state index is 13.3. The molecule has 5 rings (SSSR count). The number of ether oxygens (including phenoxy) is 4. The van der Waals surface area contributed by atoms with Crippen molar-refractivity contribution in [3.8, 4) is 33.6 Å². The van der Waals surface area contributed by atoms with E-state index in [1.54, 1.807) is 45.4 Å². The number of carbonyl (C=O) groups excluding carboxylic acids is 2. The molecule has 3 amide bonds. The minimum absolute atomic E-state index is 0.0492. The van der Waals surface area contributed by atoms with Gasteiger partial charge in [-0.25, -0.2) is 9.78 Å². The third-order valence-electron chi connectivity index (χ3n) is 5.73. The number of methoxy groups -OCH3 is 2. The van der Waals surface area contributed by atoms with Crippen molar-refractivity contribution in [1.82, 2.24) is 15.2 Å². The summed E-state index contributed by atoms with van der Waals surface area (Å²) in [6, 6.07) is 10.3. The van der Waals surface area contributed by atoms with Crippen molar-refractivity contribution in [3.63, 3.8) is 0 Å². The number of fused-ring (bicyclic) bond motifs is 1. The molecule has 0 bridgehead atoms. The first-order chi connectivity index (χ1) is 15.9. The van der Waals surface area contributed by atoms with Crippen LogP contribution in [0.25, 0.3) is 10.6 Å². The third kappa shape index (κ3) is 3.43. The Balaban J connectivity index is 1.39.